The molecule has 1 fully saturated rings. The van der Waals surface area contributed by atoms with E-state index in [9.17, 15) is 0 Å². The Morgan fingerprint density at radius 1 is 0.919 bits per heavy atom. The van der Waals surface area contributed by atoms with Crippen molar-refractivity contribution in [2.24, 2.45) is 0 Å². The normalized spacial score (nSPS) is 13.8. The number of fused-ring (bicyclic) bond motifs is 1. The molecule has 0 atom stereocenters. The van der Waals surface area contributed by atoms with Gasteiger partial charge in [0.15, 0.2) is 5.82 Å². The van der Waals surface area contributed by atoms with Crippen LogP contribution in [0.15, 0.2) is 72.4 Å². The molecule has 6 nitrogen and oxygen atoms in total. The molecule has 3 aromatic heterocycles. The van der Waals surface area contributed by atoms with E-state index in [-0.39, 0.29) is 0 Å². The van der Waals surface area contributed by atoms with Crippen LogP contribution in [-0.2, 0) is 13.2 Å². The van der Waals surface area contributed by atoms with E-state index < -0.39 is 0 Å². The first-order valence-electron chi connectivity index (χ1n) is 12.4. The Hall–Kier alpha value is -3.46. The Labute approximate surface area is 224 Å². The molecule has 0 aliphatic carbocycles. The standard InChI is InChI=1S/C29H28N4O2S2/c1-34-23-9-7-20(8-10-23)17-35-24-6-4-5-22(14-24)32-29-28-25(30-19-31-29)15-27(37-28)26-13-21(18-36-26)16-33-11-2-3-12-33/h4-10,13-15,18-19H,2-3,11-12,16-17H2,1H3,(H,30,31,32). The third-order valence-corrected chi connectivity index (χ3v) is 8.78. The number of likely N-dealkylation sites (tertiary alicyclic amines) is 1. The van der Waals surface area contributed by atoms with Gasteiger partial charge < -0.3 is 14.8 Å². The minimum absolute atomic E-state index is 0.486. The lowest BCUT2D eigenvalue weighted by Gasteiger charge is -2.12. The van der Waals surface area contributed by atoms with Crippen LogP contribution in [0, 0.1) is 0 Å². The first kappa shape index (κ1) is 23.9. The van der Waals surface area contributed by atoms with E-state index in [1.54, 1.807) is 24.8 Å². The molecule has 0 radical (unpaired) electrons. The molecule has 5 aromatic rings. The highest BCUT2D eigenvalue weighted by atomic mass is 32.1. The van der Waals surface area contributed by atoms with E-state index in [2.05, 4.69) is 37.7 Å². The second kappa shape index (κ2) is 10.9. The lowest BCUT2D eigenvalue weighted by atomic mass is 10.2. The average Bonchev–Trinajstić information content (AvgIpc) is 3.70. The van der Waals surface area contributed by atoms with Gasteiger partial charge in [-0.15, -0.1) is 22.7 Å². The second-order valence-corrected chi connectivity index (χ2v) is 11.1. The van der Waals surface area contributed by atoms with Crippen LogP contribution in [0.3, 0.4) is 0 Å². The number of rotatable bonds is 9. The zero-order valence-corrected chi connectivity index (χ0v) is 22.3. The average molecular weight is 529 g/mol. The highest BCUT2D eigenvalue weighted by Crippen LogP contribution is 2.39. The van der Waals surface area contributed by atoms with Crippen molar-refractivity contribution in [3.05, 3.63) is 83.5 Å². The fraction of sp³-hybridized carbons (Fsp3) is 0.241. The van der Waals surface area contributed by atoms with E-state index in [1.807, 2.05) is 59.9 Å². The molecule has 1 saturated heterocycles. The van der Waals surface area contributed by atoms with Crippen LogP contribution in [0.1, 0.15) is 24.0 Å². The van der Waals surface area contributed by atoms with Crippen LogP contribution in [0.5, 0.6) is 11.5 Å². The van der Waals surface area contributed by atoms with Gasteiger partial charge in [0, 0.05) is 28.1 Å². The number of anilines is 2. The Balaban J connectivity index is 1.16. The molecule has 0 amide bonds. The summed E-state index contributed by atoms with van der Waals surface area (Å²) in [5, 5.41) is 5.77. The van der Waals surface area contributed by atoms with Gasteiger partial charge in [0.1, 0.15) is 24.4 Å². The number of nitrogens with one attached hydrogen (secondary N) is 1. The molecule has 188 valence electrons. The minimum Gasteiger partial charge on any atom is -0.497 e. The molecule has 8 heteroatoms. The smallest absolute Gasteiger partial charge is 0.151 e. The summed E-state index contributed by atoms with van der Waals surface area (Å²) in [7, 11) is 1.67. The number of ether oxygens (including phenoxy) is 2. The van der Waals surface area contributed by atoms with Crippen LogP contribution in [0.4, 0.5) is 11.5 Å². The van der Waals surface area contributed by atoms with Gasteiger partial charge >= 0.3 is 0 Å². The first-order chi connectivity index (χ1) is 18.2. The molecule has 2 aromatic carbocycles. The molecule has 1 N–H and O–H groups in total. The Kier molecular flexibility index (Phi) is 7.03. The van der Waals surface area contributed by atoms with Crippen molar-refractivity contribution < 1.29 is 9.47 Å². The molecule has 0 unspecified atom stereocenters. The Bertz CT molecular complexity index is 1490. The maximum atomic E-state index is 6.03. The number of thiophene rings is 2. The summed E-state index contributed by atoms with van der Waals surface area (Å²) < 4.78 is 12.3. The summed E-state index contributed by atoms with van der Waals surface area (Å²) in [5.41, 5.74) is 4.36. The molecule has 6 rings (SSSR count). The molecule has 4 heterocycles. The summed E-state index contributed by atoms with van der Waals surface area (Å²) in [4.78, 5) is 14.1. The Morgan fingerprint density at radius 2 is 1.78 bits per heavy atom. The largest absolute Gasteiger partial charge is 0.497 e. The topological polar surface area (TPSA) is 59.5 Å². The lowest BCUT2D eigenvalue weighted by Crippen LogP contribution is -2.17. The number of benzene rings is 2. The predicted molar refractivity (Wildman–Crippen MR) is 152 cm³/mol. The van der Waals surface area contributed by atoms with E-state index in [1.165, 1.54) is 41.2 Å². The van der Waals surface area contributed by atoms with Gasteiger partial charge in [0.05, 0.1) is 17.3 Å². The lowest BCUT2D eigenvalue weighted by molar-refractivity contribution is 0.306. The third kappa shape index (κ3) is 5.61. The fourth-order valence-corrected chi connectivity index (χ4v) is 6.59. The SMILES string of the molecule is COc1ccc(COc2cccc(Nc3ncnc4cc(-c5cc(CN6CCCC6)cs5)sc34)c2)cc1. The fourth-order valence-electron chi connectivity index (χ4n) is 4.54. The molecular formula is C29H28N4O2S2. The molecule has 1 aliphatic heterocycles. The number of nitrogens with zero attached hydrogens (tertiary/aromatic N) is 3. The Morgan fingerprint density at radius 3 is 2.62 bits per heavy atom. The monoisotopic (exact) mass is 528 g/mol. The highest BCUT2D eigenvalue weighted by molar-refractivity contribution is 7.26. The molecule has 0 bridgehead atoms. The van der Waals surface area contributed by atoms with Crippen molar-refractivity contribution >= 4 is 44.4 Å². The van der Waals surface area contributed by atoms with Gasteiger partial charge in [-0.1, -0.05) is 18.2 Å². The second-order valence-electron chi connectivity index (χ2n) is 9.14. The van der Waals surface area contributed by atoms with E-state index in [4.69, 9.17) is 9.47 Å². The third-order valence-electron chi connectivity index (χ3n) is 6.47. The van der Waals surface area contributed by atoms with E-state index >= 15 is 0 Å². The van der Waals surface area contributed by atoms with Gasteiger partial charge in [-0.3, -0.25) is 4.90 Å². The van der Waals surface area contributed by atoms with Crippen molar-refractivity contribution in [2.45, 2.75) is 26.0 Å². The van der Waals surface area contributed by atoms with Crippen molar-refractivity contribution in [3.8, 4) is 21.3 Å². The van der Waals surface area contributed by atoms with Crippen molar-refractivity contribution in [3.63, 3.8) is 0 Å². The minimum atomic E-state index is 0.486. The summed E-state index contributed by atoms with van der Waals surface area (Å²) in [6.07, 6.45) is 4.26. The van der Waals surface area contributed by atoms with Gasteiger partial charge in [0.2, 0.25) is 0 Å². The van der Waals surface area contributed by atoms with Crippen molar-refractivity contribution in [2.75, 3.05) is 25.5 Å². The van der Waals surface area contributed by atoms with Crippen LogP contribution in [0.2, 0.25) is 0 Å². The zero-order valence-electron chi connectivity index (χ0n) is 20.6. The summed E-state index contributed by atoms with van der Waals surface area (Å²) in [6, 6.07) is 20.4. The maximum absolute atomic E-state index is 6.03. The zero-order chi connectivity index (χ0) is 25.0. The summed E-state index contributed by atoms with van der Waals surface area (Å²) in [5.74, 6) is 2.44. The molecule has 0 saturated carbocycles. The predicted octanol–water partition coefficient (Wildman–Crippen LogP) is 7.35. The number of hydrogen-bond acceptors (Lipinski definition) is 8. The molecular weight excluding hydrogens is 500 g/mol. The van der Waals surface area contributed by atoms with Gasteiger partial charge in [-0.25, -0.2) is 9.97 Å². The van der Waals surface area contributed by atoms with Crippen LogP contribution < -0.4 is 14.8 Å². The van der Waals surface area contributed by atoms with Crippen molar-refractivity contribution in [1.82, 2.24) is 14.9 Å². The quantitative estimate of drug-likeness (QED) is 0.216. The number of hydrogen-bond donors (Lipinski definition) is 1. The first-order valence-corrected chi connectivity index (χ1v) is 14.1. The molecule has 37 heavy (non-hydrogen) atoms. The van der Waals surface area contributed by atoms with Crippen LogP contribution in [0.25, 0.3) is 20.0 Å². The highest BCUT2D eigenvalue weighted by Gasteiger charge is 2.15. The van der Waals surface area contributed by atoms with E-state index in [0.717, 1.165) is 45.3 Å². The van der Waals surface area contributed by atoms with Crippen LogP contribution >= 0.6 is 22.7 Å². The summed E-state index contributed by atoms with van der Waals surface area (Å²) >= 11 is 3.55. The molecule has 1 aliphatic rings. The van der Waals surface area contributed by atoms with Crippen LogP contribution in [-0.4, -0.2) is 35.1 Å². The maximum Gasteiger partial charge on any atom is 0.151 e. The molecule has 0 spiro atoms. The van der Waals surface area contributed by atoms with Gasteiger partial charge in [-0.05, 0) is 78.8 Å². The number of methoxy groups -OCH3 is 1. The van der Waals surface area contributed by atoms with Crippen molar-refractivity contribution in [1.29, 1.82) is 0 Å². The summed E-state index contributed by atoms with van der Waals surface area (Å²) in [6.45, 7) is 3.96. The van der Waals surface area contributed by atoms with E-state index in [0.29, 0.717) is 6.61 Å². The number of aromatic nitrogens is 2. The van der Waals surface area contributed by atoms with Gasteiger partial charge in [0.25, 0.3) is 0 Å². The van der Waals surface area contributed by atoms with Gasteiger partial charge in [-0.2, -0.15) is 0 Å².